The second-order valence-electron chi connectivity index (χ2n) is 8.77. The Morgan fingerprint density at radius 1 is 0.857 bits per heavy atom. The average Bonchev–Trinajstić information content (AvgIpc) is 2.83. The third-order valence-electron chi connectivity index (χ3n) is 6.20. The van der Waals surface area contributed by atoms with Gasteiger partial charge < -0.3 is 16.0 Å². The molecule has 2 unspecified atom stereocenters. The van der Waals surface area contributed by atoms with E-state index < -0.39 is 23.4 Å². The molecule has 1 aliphatic rings. The van der Waals surface area contributed by atoms with Gasteiger partial charge in [-0.1, -0.05) is 31.0 Å². The highest BCUT2D eigenvalue weighted by molar-refractivity contribution is 6.04. The van der Waals surface area contributed by atoms with Gasteiger partial charge in [0.25, 0.3) is 11.8 Å². The SMILES string of the molecule is NC1CCCCC1N(Cc1ccc(NC(=O)c2cc(F)cc(F)c2)cc1)C(=O)c1cccc(F)c1. The van der Waals surface area contributed by atoms with Crippen molar-refractivity contribution in [2.75, 3.05) is 5.32 Å². The quantitative estimate of drug-likeness (QED) is 0.504. The molecule has 3 N–H and O–H groups in total. The number of halogens is 3. The summed E-state index contributed by atoms with van der Waals surface area (Å²) in [5.41, 5.74) is 7.71. The van der Waals surface area contributed by atoms with E-state index in [2.05, 4.69) is 5.32 Å². The van der Waals surface area contributed by atoms with Gasteiger partial charge in [-0.05, 0) is 60.9 Å². The molecule has 1 fully saturated rings. The van der Waals surface area contributed by atoms with Gasteiger partial charge in [0, 0.05) is 41.5 Å². The lowest BCUT2D eigenvalue weighted by atomic mass is 9.89. The van der Waals surface area contributed by atoms with Gasteiger partial charge in [0.05, 0.1) is 0 Å². The van der Waals surface area contributed by atoms with E-state index in [1.54, 1.807) is 35.2 Å². The molecule has 0 spiro atoms. The van der Waals surface area contributed by atoms with Crippen LogP contribution in [0.4, 0.5) is 18.9 Å². The minimum Gasteiger partial charge on any atom is -0.330 e. The summed E-state index contributed by atoms with van der Waals surface area (Å²) in [6.07, 6.45) is 3.53. The normalized spacial score (nSPS) is 17.6. The summed E-state index contributed by atoms with van der Waals surface area (Å²) < 4.78 is 40.6. The summed E-state index contributed by atoms with van der Waals surface area (Å²) in [4.78, 5) is 27.4. The maximum absolute atomic E-state index is 13.8. The number of carbonyl (C=O) groups is 2. The third kappa shape index (κ3) is 6.08. The van der Waals surface area contributed by atoms with E-state index in [1.165, 1.54) is 18.2 Å². The zero-order valence-electron chi connectivity index (χ0n) is 19.0. The first kappa shape index (κ1) is 24.5. The molecular formula is C27H26F3N3O2. The van der Waals surface area contributed by atoms with Gasteiger partial charge in [0.1, 0.15) is 17.5 Å². The first-order valence-corrected chi connectivity index (χ1v) is 11.5. The Kier molecular flexibility index (Phi) is 7.51. The lowest BCUT2D eigenvalue weighted by molar-refractivity contribution is 0.0583. The van der Waals surface area contributed by atoms with Crippen molar-refractivity contribution in [2.24, 2.45) is 5.73 Å². The third-order valence-corrected chi connectivity index (χ3v) is 6.20. The lowest BCUT2D eigenvalue weighted by Crippen LogP contribution is -2.51. The van der Waals surface area contributed by atoms with Gasteiger partial charge in [-0.25, -0.2) is 13.2 Å². The Bertz CT molecular complexity index is 1200. The predicted octanol–water partition coefficient (Wildman–Crippen LogP) is 5.27. The predicted molar refractivity (Wildman–Crippen MR) is 127 cm³/mol. The van der Waals surface area contributed by atoms with E-state index >= 15 is 0 Å². The Hall–Kier alpha value is -3.65. The van der Waals surface area contributed by atoms with Gasteiger partial charge in [0.2, 0.25) is 0 Å². The number of hydrogen-bond acceptors (Lipinski definition) is 3. The van der Waals surface area contributed by atoms with Crippen molar-refractivity contribution in [3.63, 3.8) is 0 Å². The minimum absolute atomic E-state index is 0.135. The second-order valence-corrected chi connectivity index (χ2v) is 8.77. The number of anilines is 1. The summed E-state index contributed by atoms with van der Waals surface area (Å²) in [5.74, 6) is -3.10. The van der Waals surface area contributed by atoms with Gasteiger partial charge >= 0.3 is 0 Å². The standard InChI is InChI=1S/C27H26F3N3O2/c28-20-5-3-4-18(12-20)27(35)33(25-7-2-1-6-24(25)31)16-17-8-10-23(11-9-17)32-26(34)19-13-21(29)15-22(30)14-19/h3-5,8-15,24-25H,1-2,6-7,16,31H2,(H,32,34). The molecule has 2 atom stereocenters. The number of hydrogen-bond donors (Lipinski definition) is 2. The van der Waals surface area contributed by atoms with E-state index in [1.807, 2.05) is 0 Å². The van der Waals surface area contributed by atoms with Gasteiger partial charge in [-0.15, -0.1) is 0 Å². The van der Waals surface area contributed by atoms with Gasteiger partial charge in [-0.3, -0.25) is 9.59 Å². The number of rotatable bonds is 6. The number of nitrogens with one attached hydrogen (secondary N) is 1. The highest BCUT2D eigenvalue weighted by Gasteiger charge is 2.31. The van der Waals surface area contributed by atoms with Crippen LogP contribution in [0.1, 0.15) is 52.0 Å². The molecule has 3 aromatic carbocycles. The van der Waals surface area contributed by atoms with Gasteiger partial charge in [0.15, 0.2) is 0 Å². The van der Waals surface area contributed by atoms with Crippen LogP contribution in [-0.4, -0.2) is 28.8 Å². The molecule has 5 nitrogen and oxygen atoms in total. The van der Waals surface area contributed by atoms with Crippen LogP contribution >= 0.6 is 0 Å². The maximum atomic E-state index is 13.8. The minimum atomic E-state index is -0.838. The van der Waals surface area contributed by atoms with Crippen LogP contribution in [-0.2, 0) is 6.54 Å². The van der Waals surface area contributed by atoms with E-state index in [9.17, 15) is 22.8 Å². The first-order chi connectivity index (χ1) is 16.8. The highest BCUT2D eigenvalue weighted by Crippen LogP contribution is 2.26. The molecule has 1 saturated carbocycles. The zero-order valence-corrected chi connectivity index (χ0v) is 19.0. The van der Waals surface area contributed by atoms with Crippen LogP contribution in [0, 0.1) is 17.5 Å². The molecular weight excluding hydrogens is 455 g/mol. The fourth-order valence-electron chi connectivity index (χ4n) is 4.43. The van der Waals surface area contributed by atoms with E-state index in [0.29, 0.717) is 11.8 Å². The second kappa shape index (κ2) is 10.7. The van der Waals surface area contributed by atoms with Crippen LogP contribution in [0.15, 0.2) is 66.7 Å². The van der Waals surface area contributed by atoms with Crippen LogP contribution in [0.2, 0.25) is 0 Å². The zero-order chi connectivity index (χ0) is 24.9. The summed E-state index contributed by atoms with van der Waals surface area (Å²) >= 11 is 0. The molecule has 2 amide bonds. The number of nitrogens with two attached hydrogens (primary N) is 1. The number of benzene rings is 3. The fraction of sp³-hybridized carbons (Fsp3) is 0.259. The molecule has 8 heteroatoms. The Balaban J connectivity index is 1.52. The number of carbonyl (C=O) groups excluding carboxylic acids is 2. The largest absolute Gasteiger partial charge is 0.330 e. The monoisotopic (exact) mass is 481 g/mol. The molecule has 3 aromatic rings. The van der Waals surface area contributed by atoms with Crippen LogP contribution in [0.25, 0.3) is 0 Å². The molecule has 0 heterocycles. The van der Waals surface area contributed by atoms with Crippen molar-refractivity contribution in [1.82, 2.24) is 4.90 Å². The first-order valence-electron chi connectivity index (χ1n) is 11.5. The van der Waals surface area contributed by atoms with Crippen molar-refractivity contribution in [3.05, 3.63) is 101 Å². The van der Waals surface area contributed by atoms with Crippen molar-refractivity contribution in [2.45, 2.75) is 44.3 Å². The molecule has 0 aromatic heterocycles. The van der Waals surface area contributed by atoms with Crippen LogP contribution in [0.3, 0.4) is 0 Å². The fourth-order valence-corrected chi connectivity index (χ4v) is 4.43. The average molecular weight is 482 g/mol. The number of amides is 2. The Labute approximate surface area is 201 Å². The smallest absolute Gasteiger partial charge is 0.255 e. The topological polar surface area (TPSA) is 75.4 Å². The van der Waals surface area contributed by atoms with Crippen LogP contribution < -0.4 is 11.1 Å². The van der Waals surface area contributed by atoms with Crippen molar-refractivity contribution >= 4 is 17.5 Å². The molecule has 35 heavy (non-hydrogen) atoms. The molecule has 0 radical (unpaired) electrons. The maximum Gasteiger partial charge on any atom is 0.255 e. The van der Waals surface area contributed by atoms with Crippen LogP contribution in [0.5, 0.6) is 0 Å². The van der Waals surface area contributed by atoms with E-state index in [0.717, 1.165) is 43.4 Å². The summed E-state index contributed by atoms with van der Waals surface area (Å²) in [7, 11) is 0. The molecule has 4 rings (SSSR count). The molecule has 0 bridgehead atoms. The van der Waals surface area contributed by atoms with Gasteiger partial charge in [-0.2, -0.15) is 0 Å². The Morgan fingerprint density at radius 2 is 1.51 bits per heavy atom. The van der Waals surface area contributed by atoms with Crippen molar-refractivity contribution in [1.29, 1.82) is 0 Å². The Morgan fingerprint density at radius 3 is 2.17 bits per heavy atom. The molecule has 0 aliphatic heterocycles. The van der Waals surface area contributed by atoms with E-state index in [4.69, 9.17) is 5.73 Å². The van der Waals surface area contributed by atoms with Crippen molar-refractivity contribution in [3.8, 4) is 0 Å². The van der Waals surface area contributed by atoms with E-state index in [-0.39, 0.29) is 35.7 Å². The molecule has 1 aliphatic carbocycles. The lowest BCUT2D eigenvalue weighted by Gasteiger charge is -2.38. The summed E-state index contributed by atoms with van der Waals surface area (Å²) in [5, 5.41) is 2.60. The van der Waals surface area contributed by atoms with Crippen molar-refractivity contribution < 1.29 is 22.8 Å². The summed E-state index contributed by atoms with van der Waals surface area (Å²) in [6.45, 7) is 0.261. The number of nitrogens with zero attached hydrogens (tertiary/aromatic N) is 1. The molecule has 0 saturated heterocycles. The highest BCUT2D eigenvalue weighted by atomic mass is 19.1. The molecule has 182 valence electrons. The summed E-state index contributed by atoms with van der Waals surface area (Å²) in [6, 6.07) is 14.6.